The maximum absolute atomic E-state index is 11.2. The lowest BCUT2D eigenvalue weighted by Gasteiger charge is -2.27. The molecule has 0 amide bonds. The third-order valence-electron chi connectivity index (χ3n) is 2.75. The van der Waals surface area contributed by atoms with Crippen LogP contribution in [0.15, 0.2) is 0 Å². The minimum atomic E-state index is -2.75. The van der Waals surface area contributed by atoms with Crippen molar-refractivity contribution in [2.75, 3.05) is 31.2 Å². The van der Waals surface area contributed by atoms with Crippen molar-refractivity contribution < 1.29 is 13.2 Å². The van der Waals surface area contributed by atoms with Crippen LogP contribution in [0.5, 0.6) is 0 Å². The molecule has 0 spiro atoms. The lowest BCUT2D eigenvalue weighted by molar-refractivity contribution is -0.00228. The first kappa shape index (κ1) is 9.43. The SMILES string of the molecule is O=S1(=O)CCC(C2CNCCO2)C1. The molecule has 2 heterocycles. The summed E-state index contributed by atoms with van der Waals surface area (Å²) in [6.07, 6.45) is 0.889. The van der Waals surface area contributed by atoms with Crippen LogP contribution in [-0.4, -0.2) is 45.7 Å². The Hall–Kier alpha value is -0.130. The summed E-state index contributed by atoms with van der Waals surface area (Å²) in [4.78, 5) is 0. The highest BCUT2D eigenvalue weighted by Crippen LogP contribution is 2.24. The molecule has 0 aromatic rings. The normalized spacial score (nSPS) is 39.1. The number of morpholine rings is 1. The highest BCUT2D eigenvalue weighted by molar-refractivity contribution is 7.91. The van der Waals surface area contributed by atoms with Gasteiger partial charge in [0.1, 0.15) is 0 Å². The van der Waals surface area contributed by atoms with E-state index in [2.05, 4.69) is 5.32 Å². The maximum atomic E-state index is 11.2. The molecule has 0 bridgehead atoms. The van der Waals surface area contributed by atoms with Gasteiger partial charge in [0.05, 0.1) is 24.2 Å². The van der Waals surface area contributed by atoms with E-state index < -0.39 is 9.84 Å². The van der Waals surface area contributed by atoms with Crippen molar-refractivity contribution in [2.45, 2.75) is 12.5 Å². The average Bonchev–Trinajstić information content (AvgIpc) is 2.48. The molecular weight excluding hydrogens is 190 g/mol. The van der Waals surface area contributed by atoms with Gasteiger partial charge in [0.25, 0.3) is 0 Å². The monoisotopic (exact) mass is 205 g/mol. The quantitative estimate of drug-likeness (QED) is 0.621. The molecule has 0 aromatic heterocycles. The zero-order valence-corrected chi connectivity index (χ0v) is 8.35. The van der Waals surface area contributed by atoms with E-state index in [1.807, 2.05) is 0 Å². The maximum Gasteiger partial charge on any atom is 0.150 e. The summed E-state index contributed by atoms with van der Waals surface area (Å²) in [6.45, 7) is 2.40. The predicted octanol–water partition coefficient (Wildman–Crippen LogP) is -0.590. The molecule has 4 nitrogen and oxygen atoms in total. The zero-order valence-electron chi connectivity index (χ0n) is 7.53. The molecule has 76 valence electrons. The fraction of sp³-hybridized carbons (Fsp3) is 1.00. The van der Waals surface area contributed by atoms with Crippen LogP contribution in [0.25, 0.3) is 0 Å². The highest BCUT2D eigenvalue weighted by atomic mass is 32.2. The van der Waals surface area contributed by atoms with Crippen LogP contribution >= 0.6 is 0 Å². The van der Waals surface area contributed by atoms with E-state index in [9.17, 15) is 8.42 Å². The number of sulfone groups is 1. The lowest BCUT2D eigenvalue weighted by atomic mass is 10.0. The molecule has 2 aliphatic heterocycles. The van der Waals surface area contributed by atoms with Crippen LogP contribution in [0, 0.1) is 5.92 Å². The second kappa shape index (κ2) is 3.55. The Bertz CT molecular complexity index is 269. The summed E-state index contributed by atoms with van der Waals surface area (Å²) in [5.41, 5.74) is 0. The Morgan fingerprint density at radius 2 is 2.23 bits per heavy atom. The van der Waals surface area contributed by atoms with Gasteiger partial charge >= 0.3 is 0 Å². The van der Waals surface area contributed by atoms with Gasteiger partial charge in [0.2, 0.25) is 0 Å². The molecule has 2 rings (SSSR count). The van der Waals surface area contributed by atoms with E-state index in [4.69, 9.17) is 4.74 Å². The van der Waals surface area contributed by atoms with Gasteiger partial charge in [-0.2, -0.15) is 0 Å². The Balaban J connectivity index is 1.95. The second-order valence-corrected chi connectivity index (χ2v) is 6.01. The van der Waals surface area contributed by atoms with E-state index >= 15 is 0 Å². The zero-order chi connectivity index (χ0) is 9.31. The van der Waals surface area contributed by atoms with Crippen LogP contribution in [-0.2, 0) is 14.6 Å². The van der Waals surface area contributed by atoms with E-state index in [1.165, 1.54) is 0 Å². The molecule has 0 saturated carbocycles. The summed E-state index contributed by atoms with van der Waals surface area (Å²) in [7, 11) is -2.75. The lowest BCUT2D eigenvalue weighted by Crippen LogP contribution is -2.43. The summed E-state index contributed by atoms with van der Waals surface area (Å²) in [5, 5.41) is 3.22. The Labute approximate surface area is 78.6 Å². The van der Waals surface area contributed by atoms with E-state index in [1.54, 1.807) is 0 Å². The van der Waals surface area contributed by atoms with Crippen molar-refractivity contribution in [1.29, 1.82) is 0 Å². The number of hydrogen-bond acceptors (Lipinski definition) is 4. The minimum absolute atomic E-state index is 0.117. The molecule has 0 aliphatic carbocycles. The van der Waals surface area contributed by atoms with Crippen molar-refractivity contribution in [3.8, 4) is 0 Å². The van der Waals surface area contributed by atoms with Crippen LogP contribution in [0.2, 0.25) is 0 Å². The van der Waals surface area contributed by atoms with Gasteiger partial charge in [-0.05, 0) is 6.42 Å². The molecule has 0 aromatic carbocycles. The van der Waals surface area contributed by atoms with E-state index in [0.29, 0.717) is 18.1 Å². The molecule has 1 N–H and O–H groups in total. The summed E-state index contributed by atoms with van der Waals surface area (Å²) >= 11 is 0. The van der Waals surface area contributed by atoms with Gasteiger partial charge in [-0.15, -0.1) is 0 Å². The standard InChI is InChI=1S/C8H15NO3S/c10-13(11)4-1-7(6-13)8-5-9-2-3-12-8/h7-9H,1-6H2. The first-order chi connectivity index (χ1) is 6.17. The first-order valence-corrected chi connectivity index (χ1v) is 6.52. The van der Waals surface area contributed by atoms with Gasteiger partial charge < -0.3 is 10.1 Å². The fourth-order valence-electron chi connectivity index (χ4n) is 2.01. The van der Waals surface area contributed by atoms with Gasteiger partial charge in [0.15, 0.2) is 9.84 Å². The average molecular weight is 205 g/mol. The fourth-order valence-corrected chi connectivity index (χ4v) is 3.87. The molecule has 0 radical (unpaired) electrons. The molecule has 2 saturated heterocycles. The molecule has 2 fully saturated rings. The number of rotatable bonds is 1. The third kappa shape index (κ3) is 2.21. The van der Waals surface area contributed by atoms with Gasteiger partial charge in [-0.25, -0.2) is 8.42 Å². The molecule has 13 heavy (non-hydrogen) atoms. The summed E-state index contributed by atoms with van der Waals surface area (Å²) in [5.74, 6) is 0.884. The number of hydrogen-bond donors (Lipinski definition) is 1. The van der Waals surface area contributed by atoms with Gasteiger partial charge in [-0.1, -0.05) is 0 Å². The Kier molecular flexibility index (Phi) is 2.58. The van der Waals surface area contributed by atoms with Crippen molar-refractivity contribution >= 4 is 9.84 Å². The van der Waals surface area contributed by atoms with E-state index in [-0.39, 0.29) is 12.0 Å². The van der Waals surface area contributed by atoms with Gasteiger partial charge in [0, 0.05) is 19.0 Å². The third-order valence-corrected chi connectivity index (χ3v) is 4.54. The topological polar surface area (TPSA) is 55.4 Å². The number of nitrogens with one attached hydrogen (secondary N) is 1. The van der Waals surface area contributed by atoms with Crippen molar-refractivity contribution in [3.05, 3.63) is 0 Å². The van der Waals surface area contributed by atoms with E-state index in [0.717, 1.165) is 19.5 Å². The molecule has 2 atom stereocenters. The Morgan fingerprint density at radius 3 is 2.77 bits per heavy atom. The molecular formula is C8H15NO3S. The molecule has 2 unspecified atom stereocenters. The minimum Gasteiger partial charge on any atom is -0.375 e. The van der Waals surface area contributed by atoms with Crippen molar-refractivity contribution in [1.82, 2.24) is 5.32 Å². The molecule has 5 heteroatoms. The Morgan fingerprint density at radius 1 is 1.38 bits per heavy atom. The van der Waals surface area contributed by atoms with Crippen LogP contribution in [0.3, 0.4) is 0 Å². The first-order valence-electron chi connectivity index (χ1n) is 4.70. The van der Waals surface area contributed by atoms with Crippen molar-refractivity contribution in [2.24, 2.45) is 5.92 Å². The summed E-state index contributed by atoms with van der Waals surface area (Å²) in [6, 6.07) is 0. The van der Waals surface area contributed by atoms with Gasteiger partial charge in [-0.3, -0.25) is 0 Å². The van der Waals surface area contributed by atoms with Crippen LogP contribution in [0.1, 0.15) is 6.42 Å². The van der Waals surface area contributed by atoms with Crippen molar-refractivity contribution in [3.63, 3.8) is 0 Å². The second-order valence-electron chi connectivity index (χ2n) is 3.78. The smallest absolute Gasteiger partial charge is 0.150 e. The molecule has 2 aliphatic rings. The predicted molar refractivity (Wildman–Crippen MR) is 49.4 cm³/mol. The van der Waals surface area contributed by atoms with Crippen LogP contribution in [0.4, 0.5) is 0 Å². The summed E-state index contributed by atoms with van der Waals surface area (Å²) < 4.78 is 27.9. The largest absolute Gasteiger partial charge is 0.375 e. The number of ether oxygens (including phenoxy) is 1. The van der Waals surface area contributed by atoms with Crippen LogP contribution < -0.4 is 5.32 Å². The highest BCUT2D eigenvalue weighted by Gasteiger charge is 2.34.